The molecule has 3 aromatic rings. The Labute approximate surface area is 221 Å². The summed E-state index contributed by atoms with van der Waals surface area (Å²) >= 11 is 6.75. The first-order valence-corrected chi connectivity index (χ1v) is 13.8. The fourth-order valence-corrected chi connectivity index (χ4v) is 6.19. The lowest BCUT2D eigenvalue weighted by Crippen LogP contribution is -2.37. The summed E-state index contributed by atoms with van der Waals surface area (Å²) in [6, 6.07) is 16.2. The van der Waals surface area contributed by atoms with Gasteiger partial charge < -0.3 is 4.90 Å². The molecule has 0 saturated carbocycles. The van der Waals surface area contributed by atoms with E-state index in [1.165, 1.54) is 17.3 Å². The number of hydrogen-bond donors (Lipinski definition) is 0. The lowest BCUT2D eigenvalue weighted by molar-refractivity contribution is -0.122. The van der Waals surface area contributed by atoms with Gasteiger partial charge in [0.1, 0.15) is 15.8 Å². The number of piperidine rings is 1. The monoisotopic (exact) mass is 518 g/mol. The topological polar surface area (TPSA) is 57.9 Å². The number of carbonyl (C=O) groups excluding carboxylic acids is 1. The van der Waals surface area contributed by atoms with Gasteiger partial charge >= 0.3 is 0 Å². The fraction of sp³-hybridized carbons (Fsp3) is 0.357. The summed E-state index contributed by atoms with van der Waals surface area (Å²) in [4.78, 5) is 36.0. The minimum absolute atomic E-state index is 0.122. The van der Waals surface area contributed by atoms with E-state index in [2.05, 4.69) is 42.2 Å². The van der Waals surface area contributed by atoms with Crippen molar-refractivity contribution in [3.8, 4) is 0 Å². The van der Waals surface area contributed by atoms with Gasteiger partial charge in [0, 0.05) is 25.8 Å². The van der Waals surface area contributed by atoms with E-state index >= 15 is 0 Å². The molecule has 0 bridgehead atoms. The van der Waals surface area contributed by atoms with E-state index in [-0.39, 0.29) is 11.5 Å². The number of hydrogen-bond acceptors (Lipinski definition) is 6. The van der Waals surface area contributed by atoms with Crippen LogP contribution in [0.2, 0.25) is 0 Å². The molecule has 2 aliphatic heterocycles. The molecule has 2 aliphatic rings. The van der Waals surface area contributed by atoms with Crippen molar-refractivity contribution >= 4 is 51.7 Å². The lowest BCUT2D eigenvalue weighted by atomic mass is 9.90. The highest BCUT2D eigenvalue weighted by molar-refractivity contribution is 8.26. The molecule has 0 atom stereocenters. The predicted molar refractivity (Wildman–Crippen MR) is 151 cm³/mol. The largest absolute Gasteiger partial charge is 0.356 e. The Kier molecular flexibility index (Phi) is 7.53. The summed E-state index contributed by atoms with van der Waals surface area (Å²) in [5, 5.41) is 0. The highest BCUT2D eigenvalue weighted by atomic mass is 32.2. The van der Waals surface area contributed by atoms with E-state index in [1.54, 1.807) is 21.6 Å². The second-order valence-corrected chi connectivity index (χ2v) is 11.1. The van der Waals surface area contributed by atoms with Crippen LogP contribution in [0.1, 0.15) is 43.7 Å². The third-order valence-electron chi connectivity index (χ3n) is 6.91. The van der Waals surface area contributed by atoms with Crippen molar-refractivity contribution in [2.24, 2.45) is 5.92 Å². The molecule has 186 valence electrons. The second kappa shape index (κ2) is 11.0. The molecule has 2 aromatic heterocycles. The predicted octanol–water partition coefficient (Wildman–Crippen LogP) is 5.15. The number of thioether (sulfide) groups is 1. The lowest BCUT2D eigenvalue weighted by Gasteiger charge is -2.33. The van der Waals surface area contributed by atoms with Crippen LogP contribution >= 0.6 is 24.0 Å². The van der Waals surface area contributed by atoms with Crippen molar-refractivity contribution in [2.75, 3.05) is 24.5 Å². The van der Waals surface area contributed by atoms with E-state index < -0.39 is 0 Å². The first-order chi connectivity index (χ1) is 17.5. The molecule has 5 rings (SSSR count). The second-order valence-electron chi connectivity index (χ2n) is 9.39. The Morgan fingerprint density at radius 3 is 2.58 bits per heavy atom. The van der Waals surface area contributed by atoms with Crippen LogP contribution in [-0.2, 0) is 11.2 Å². The first kappa shape index (κ1) is 24.7. The number of aromatic nitrogens is 2. The van der Waals surface area contributed by atoms with Crippen molar-refractivity contribution in [2.45, 2.75) is 39.0 Å². The van der Waals surface area contributed by atoms with Gasteiger partial charge in [0.25, 0.3) is 11.5 Å². The number of anilines is 1. The number of carbonyl (C=O) groups is 1. The minimum Gasteiger partial charge on any atom is -0.356 e. The maximum atomic E-state index is 13.6. The number of pyridine rings is 1. The Morgan fingerprint density at radius 2 is 1.83 bits per heavy atom. The maximum Gasteiger partial charge on any atom is 0.267 e. The van der Waals surface area contributed by atoms with Crippen LogP contribution in [0.3, 0.4) is 0 Å². The SMILES string of the molecule is CCCCN1C(=O)C(=Cc2c(N3CCC(Cc4ccccc4)CC3)nc3ccccn3c2=O)SC1=S. The molecule has 6 nitrogen and oxygen atoms in total. The van der Waals surface area contributed by atoms with Gasteiger partial charge in [0.2, 0.25) is 0 Å². The summed E-state index contributed by atoms with van der Waals surface area (Å²) in [6.07, 6.45) is 8.44. The number of fused-ring (bicyclic) bond motifs is 1. The zero-order chi connectivity index (χ0) is 25.1. The maximum absolute atomic E-state index is 13.6. The van der Waals surface area contributed by atoms with Gasteiger partial charge in [-0.15, -0.1) is 0 Å². The molecule has 2 saturated heterocycles. The van der Waals surface area contributed by atoms with Crippen LogP contribution in [0.25, 0.3) is 11.7 Å². The van der Waals surface area contributed by atoms with E-state index in [1.807, 2.05) is 18.2 Å². The van der Waals surface area contributed by atoms with Crippen LogP contribution in [0.4, 0.5) is 5.82 Å². The van der Waals surface area contributed by atoms with Gasteiger partial charge in [-0.1, -0.05) is 73.7 Å². The van der Waals surface area contributed by atoms with Crippen molar-refractivity contribution < 1.29 is 4.79 Å². The molecule has 4 heterocycles. The zero-order valence-corrected chi connectivity index (χ0v) is 22.1. The van der Waals surface area contributed by atoms with Gasteiger partial charge in [-0.25, -0.2) is 4.98 Å². The molecule has 36 heavy (non-hydrogen) atoms. The third-order valence-corrected chi connectivity index (χ3v) is 8.29. The molecule has 0 aliphatic carbocycles. The number of thiocarbonyl (C=S) groups is 1. The van der Waals surface area contributed by atoms with Crippen LogP contribution in [0, 0.1) is 5.92 Å². The molecule has 0 radical (unpaired) electrons. The highest BCUT2D eigenvalue weighted by Crippen LogP contribution is 2.34. The summed E-state index contributed by atoms with van der Waals surface area (Å²) < 4.78 is 2.10. The van der Waals surface area contributed by atoms with E-state index in [9.17, 15) is 9.59 Å². The number of amides is 1. The normalized spacial score (nSPS) is 18.1. The van der Waals surface area contributed by atoms with Crippen LogP contribution < -0.4 is 10.5 Å². The van der Waals surface area contributed by atoms with Crippen molar-refractivity contribution in [1.29, 1.82) is 0 Å². The smallest absolute Gasteiger partial charge is 0.267 e. The molecular formula is C28H30N4O2S2. The van der Waals surface area contributed by atoms with Gasteiger partial charge in [-0.2, -0.15) is 0 Å². The molecule has 1 amide bonds. The average Bonchev–Trinajstić information content (AvgIpc) is 3.17. The Hall–Kier alpha value is -2.97. The Balaban J connectivity index is 1.45. The molecule has 0 spiro atoms. The van der Waals surface area contributed by atoms with Gasteiger partial charge in [-0.3, -0.25) is 18.9 Å². The van der Waals surface area contributed by atoms with Gasteiger partial charge in [0.15, 0.2) is 0 Å². The first-order valence-electron chi connectivity index (χ1n) is 12.6. The molecular weight excluding hydrogens is 488 g/mol. The number of unbranched alkanes of at least 4 members (excludes halogenated alkanes) is 1. The van der Waals surface area contributed by atoms with Crippen molar-refractivity contribution in [3.63, 3.8) is 0 Å². The fourth-order valence-electron chi connectivity index (χ4n) is 4.89. The number of nitrogens with zero attached hydrogens (tertiary/aromatic N) is 4. The Morgan fingerprint density at radius 1 is 1.08 bits per heavy atom. The summed E-state index contributed by atoms with van der Waals surface area (Å²) in [5.74, 6) is 1.13. The standard InChI is InChI=1S/C28H30N4O2S2/c1-2-3-14-32-27(34)23(36-28(32)35)19-22-25(29-24-11-7-8-15-31(24)26(22)33)30-16-12-21(13-17-30)18-20-9-5-4-6-10-20/h4-11,15,19,21H,2-3,12-14,16-18H2,1H3. The van der Waals surface area contributed by atoms with E-state index in [0.717, 1.165) is 45.2 Å². The zero-order valence-electron chi connectivity index (χ0n) is 20.4. The van der Waals surface area contributed by atoms with E-state index in [0.29, 0.717) is 38.7 Å². The highest BCUT2D eigenvalue weighted by Gasteiger charge is 2.33. The summed E-state index contributed by atoms with van der Waals surface area (Å²) in [7, 11) is 0. The molecule has 1 aromatic carbocycles. The summed E-state index contributed by atoms with van der Waals surface area (Å²) in [6.45, 7) is 4.34. The number of rotatable bonds is 7. The minimum atomic E-state index is -0.166. The molecule has 8 heteroatoms. The third kappa shape index (κ3) is 5.11. The molecule has 2 fully saturated rings. The van der Waals surface area contributed by atoms with Crippen LogP contribution in [0.15, 0.2) is 64.4 Å². The van der Waals surface area contributed by atoms with E-state index in [4.69, 9.17) is 17.2 Å². The Bertz CT molecular complexity index is 1360. The summed E-state index contributed by atoms with van der Waals surface area (Å²) in [5.41, 5.74) is 2.26. The van der Waals surface area contributed by atoms with Crippen LogP contribution in [0.5, 0.6) is 0 Å². The van der Waals surface area contributed by atoms with Crippen LogP contribution in [-0.4, -0.2) is 44.1 Å². The molecule has 0 N–H and O–H groups in total. The molecule has 0 unspecified atom stereocenters. The van der Waals surface area contributed by atoms with Gasteiger partial charge in [-0.05, 0) is 55.4 Å². The van der Waals surface area contributed by atoms with Crippen molar-refractivity contribution in [1.82, 2.24) is 14.3 Å². The van der Waals surface area contributed by atoms with Crippen molar-refractivity contribution in [3.05, 3.63) is 81.1 Å². The average molecular weight is 519 g/mol. The van der Waals surface area contributed by atoms with Gasteiger partial charge in [0.05, 0.1) is 10.5 Å². The number of benzene rings is 1. The quantitative estimate of drug-likeness (QED) is 0.318.